The van der Waals surface area contributed by atoms with Gasteiger partial charge in [0.05, 0.1) is 11.6 Å². The zero-order chi connectivity index (χ0) is 13.7. The average molecular weight is 285 g/mol. The van der Waals surface area contributed by atoms with Gasteiger partial charge in [-0.15, -0.1) is 5.92 Å². The first kappa shape index (κ1) is 15.2. The molecule has 1 aromatic rings. The van der Waals surface area contributed by atoms with Gasteiger partial charge in [-0.05, 0) is 31.9 Å². The topological polar surface area (TPSA) is 9.23 Å². The SMILES string of the molecule is CC#CC(C)C(C)c1cc(Cl)cc(Cl)c1OCC. The van der Waals surface area contributed by atoms with Gasteiger partial charge in [-0.3, -0.25) is 0 Å². The van der Waals surface area contributed by atoms with Gasteiger partial charge in [0.15, 0.2) is 0 Å². The summed E-state index contributed by atoms with van der Waals surface area (Å²) >= 11 is 12.3. The Morgan fingerprint density at radius 2 is 1.94 bits per heavy atom. The molecule has 0 aliphatic heterocycles. The van der Waals surface area contributed by atoms with E-state index >= 15 is 0 Å². The van der Waals surface area contributed by atoms with Crippen molar-refractivity contribution in [1.29, 1.82) is 0 Å². The van der Waals surface area contributed by atoms with Crippen molar-refractivity contribution in [3.05, 3.63) is 27.7 Å². The molecule has 0 spiro atoms. The summed E-state index contributed by atoms with van der Waals surface area (Å²) in [5.74, 6) is 7.27. The standard InChI is InChI=1S/C15H18Cl2O/c1-5-7-10(3)11(4)13-8-12(16)9-14(17)15(13)18-6-2/h8-11H,6H2,1-4H3. The zero-order valence-electron chi connectivity index (χ0n) is 11.2. The van der Waals surface area contributed by atoms with Crippen molar-refractivity contribution in [2.75, 3.05) is 6.61 Å². The third kappa shape index (κ3) is 3.57. The van der Waals surface area contributed by atoms with E-state index in [0.717, 1.165) is 11.3 Å². The second-order valence-electron chi connectivity index (χ2n) is 4.21. The van der Waals surface area contributed by atoms with Gasteiger partial charge in [0.2, 0.25) is 0 Å². The smallest absolute Gasteiger partial charge is 0.141 e. The van der Waals surface area contributed by atoms with E-state index in [4.69, 9.17) is 27.9 Å². The first-order valence-corrected chi connectivity index (χ1v) is 6.80. The van der Waals surface area contributed by atoms with E-state index in [9.17, 15) is 0 Å². The predicted octanol–water partition coefficient (Wildman–Crippen LogP) is 5.16. The second-order valence-corrected chi connectivity index (χ2v) is 5.05. The Kier molecular flexibility index (Phi) is 5.85. The van der Waals surface area contributed by atoms with Gasteiger partial charge in [-0.2, -0.15) is 0 Å². The molecule has 0 aliphatic rings. The average Bonchev–Trinajstić information content (AvgIpc) is 2.31. The summed E-state index contributed by atoms with van der Waals surface area (Å²) in [7, 11) is 0. The van der Waals surface area contributed by atoms with E-state index in [2.05, 4.69) is 25.7 Å². The van der Waals surface area contributed by atoms with E-state index in [1.807, 2.05) is 19.9 Å². The minimum atomic E-state index is 0.218. The molecule has 0 amide bonds. The van der Waals surface area contributed by atoms with Gasteiger partial charge in [0.1, 0.15) is 5.75 Å². The molecule has 0 bridgehead atoms. The van der Waals surface area contributed by atoms with Crippen molar-refractivity contribution >= 4 is 23.2 Å². The summed E-state index contributed by atoms with van der Waals surface area (Å²) in [5, 5.41) is 1.19. The van der Waals surface area contributed by atoms with Crippen molar-refractivity contribution in [3.8, 4) is 17.6 Å². The number of benzene rings is 1. The first-order chi connectivity index (χ1) is 8.51. The highest BCUT2D eigenvalue weighted by Gasteiger charge is 2.20. The lowest BCUT2D eigenvalue weighted by molar-refractivity contribution is 0.333. The van der Waals surface area contributed by atoms with Gasteiger partial charge in [-0.25, -0.2) is 0 Å². The fraction of sp³-hybridized carbons (Fsp3) is 0.467. The summed E-state index contributed by atoms with van der Waals surface area (Å²) < 4.78 is 5.63. The third-order valence-electron chi connectivity index (χ3n) is 2.94. The Hall–Kier alpha value is -0.840. The maximum absolute atomic E-state index is 6.19. The van der Waals surface area contributed by atoms with Crippen LogP contribution in [-0.4, -0.2) is 6.61 Å². The summed E-state index contributed by atoms with van der Waals surface area (Å²) in [6, 6.07) is 3.62. The molecule has 0 N–H and O–H groups in total. The van der Waals surface area contributed by atoms with Crippen LogP contribution < -0.4 is 4.74 Å². The number of hydrogen-bond acceptors (Lipinski definition) is 1. The van der Waals surface area contributed by atoms with E-state index < -0.39 is 0 Å². The van der Waals surface area contributed by atoms with Crippen LogP contribution in [0.2, 0.25) is 10.0 Å². The molecule has 0 aromatic heterocycles. The molecule has 98 valence electrons. The lowest BCUT2D eigenvalue weighted by Gasteiger charge is -2.20. The van der Waals surface area contributed by atoms with Crippen LogP contribution in [0.3, 0.4) is 0 Å². The molecule has 0 saturated heterocycles. The summed E-state index contributed by atoms with van der Waals surface area (Å²) in [5.41, 5.74) is 1.02. The van der Waals surface area contributed by atoms with Crippen molar-refractivity contribution in [2.45, 2.75) is 33.6 Å². The van der Waals surface area contributed by atoms with Crippen LogP contribution >= 0.6 is 23.2 Å². The third-order valence-corrected chi connectivity index (χ3v) is 3.44. The van der Waals surface area contributed by atoms with Gasteiger partial charge in [0.25, 0.3) is 0 Å². The van der Waals surface area contributed by atoms with Crippen LogP contribution in [0.5, 0.6) is 5.75 Å². The first-order valence-electron chi connectivity index (χ1n) is 6.05. The molecule has 0 saturated carbocycles. The Balaban J connectivity index is 3.22. The van der Waals surface area contributed by atoms with Gasteiger partial charge in [0, 0.05) is 16.5 Å². The summed E-state index contributed by atoms with van der Waals surface area (Å²) in [6.45, 7) is 8.56. The van der Waals surface area contributed by atoms with Gasteiger partial charge >= 0.3 is 0 Å². The molecule has 18 heavy (non-hydrogen) atoms. The van der Waals surface area contributed by atoms with Gasteiger partial charge < -0.3 is 4.74 Å². The van der Waals surface area contributed by atoms with Crippen LogP contribution in [0.4, 0.5) is 0 Å². The lowest BCUT2D eigenvalue weighted by Crippen LogP contribution is -2.07. The zero-order valence-corrected chi connectivity index (χ0v) is 12.7. The van der Waals surface area contributed by atoms with Crippen LogP contribution in [-0.2, 0) is 0 Å². The molecule has 3 heteroatoms. The lowest BCUT2D eigenvalue weighted by atomic mass is 9.88. The van der Waals surface area contributed by atoms with Crippen LogP contribution in [0.25, 0.3) is 0 Å². The number of rotatable bonds is 4. The van der Waals surface area contributed by atoms with E-state index in [-0.39, 0.29) is 11.8 Å². The number of hydrogen-bond donors (Lipinski definition) is 0. The van der Waals surface area contributed by atoms with Crippen molar-refractivity contribution < 1.29 is 4.74 Å². The molecular formula is C15H18Cl2O. The normalized spacial score (nSPS) is 13.4. The minimum Gasteiger partial charge on any atom is -0.492 e. The summed E-state index contributed by atoms with van der Waals surface area (Å²) in [4.78, 5) is 0. The quantitative estimate of drug-likeness (QED) is 0.695. The highest BCUT2D eigenvalue weighted by molar-refractivity contribution is 6.35. The Morgan fingerprint density at radius 3 is 2.50 bits per heavy atom. The highest BCUT2D eigenvalue weighted by Crippen LogP contribution is 2.39. The predicted molar refractivity (Wildman–Crippen MR) is 78.7 cm³/mol. The van der Waals surface area contributed by atoms with E-state index in [1.165, 1.54) is 0 Å². The number of halogens is 2. The van der Waals surface area contributed by atoms with Crippen LogP contribution in [0.15, 0.2) is 12.1 Å². The monoisotopic (exact) mass is 284 g/mol. The fourth-order valence-electron chi connectivity index (χ4n) is 1.84. The largest absolute Gasteiger partial charge is 0.492 e. The fourth-order valence-corrected chi connectivity index (χ4v) is 2.40. The van der Waals surface area contributed by atoms with Crippen LogP contribution in [0, 0.1) is 17.8 Å². The van der Waals surface area contributed by atoms with Crippen LogP contribution in [0.1, 0.15) is 39.2 Å². The van der Waals surface area contributed by atoms with Crippen molar-refractivity contribution in [2.24, 2.45) is 5.92 Å². The highest BCUT2D eigenvalue weighted by atomic mass is 35.5. The van der Waals surface area contributed by atoms with E-state index in [0.29, 0.717) is 16.7 Å². The van der Waals surface area contributed by atoms with Gasteiger partial charge in [-0.1, -0.05) is 43.0 Å². The Bertz CT molecular complexity index is 471. The molecule has 1 rings (SSSR count). The minimum absolute atomic E-state index is 0.218. The molecule has 0 radical (unpaired) electrons. The maximum Gasteiger partial charge on any atom is 0.141 e. The Morgan fingerprint density at radius 1 is 1.28 bits per heavy atom. The number of ether oxygens (including phenoxy) is 1. The molecular weight excluding hydrogens is 267 g/mol. The molecule has 0 aliphatic carbocycles. The summed E-state index contributed by atoms with van der Waals surface area (Å²) in [6.07, 6.45) is 0. The second kappa shape index (κ2) is 6.92. The maximum atomic E-state index is 6.19. The molecule has 2 atom stereocenters. The molecule has 2 unspecified atom stereocenters. The van der Waals surface area contributed by atoms with Crippen molar-refractivity contribution in [3.63, 3.8) is 0 Å². The Labute approximate surface area is 119 Å². The molecule has 0 fully saturated rings. The molecule has 1 nitrogen and oxygen atoms in total. The van der Waals surface area contributed by atoms with Crippen molar-refractivity contribution in [1.82, 2.24) is 0 Å². The molecule has 1 aromatic carbocycles. The molecule has 0 heterocycles. The van der Waals surface area contributed by atoms with E-state index in [1.54, 1.807) is 6.07 Å².